The van der Waals surface area contributed by atoms with Crippen LogP contribution < -0.4 is 5.32 Å². The van der Waals surface area contributed by atoms with E-state index < -0.39 is 5.97 Å². The predicted molar refractivity (Wildman–Crippen MR) is 57.6 cm³/mol. The van der Waals surface area contributed by atoms with Gasteiger partial charge in [-0.1, -0.05) is 12.1 Å². The average molecular weight is 223 g/mol. The molecule has 86 valence electrons. The number of hydrogen-bond donors (Lipinski definition) is 2. The lowest BCUT2D eigenvalue weighted by molar-refractivity contribution is -0.142. The van der Waals surface area contributed by atoms with Gasteiger partial charge in [0.05, 0.1) is 5.92 Å². The molecule has 1 aromatic carbocycles. The van der Waals surface area contributed by atoms with Crippen molar-refractivity contribution in [1.29, 1.82) is 0 Å². The number of benzene rings is 1. The van der Waals surface area contributed by atoms with Gasteiger partial charge in [-0.25, -0.2) is 4.39 Å². The van der Waals surface area contributed by atoms with E-state index in [1.54, 1.807) is 12.1 Å². The molecule has 0 amide bonds. The molecule has 16 heavy (non-hydrogen) atoms. The van der Waals surface area contributed by atoms with E-state index in [9.17, 15) is 9.18 Å². The number of carboxylic acids is 1. The second-order valence-corrected chi connectivity index (χ2v) is 4.19. The Hall–Kier alpha value is -1.42. The van der Waals surface area contributed by atoms with Crippen molar-refractivity contribution in [2.24, 2.45) is 11.8 Å². The highest BCUT2D eigenvalue weighted by Gasteiger charge is 2.32. The van der Waals surface area contributed by atoms with Crippen LogP contribution in [-0.2, 0) is 11.2 Å². The van der Waals surface area contributed by atoms with Gasteiger partial charge in [-0.2, -0.15) is 0 Å². The van der Waals surface area contributed by atoms with Crippen molar-refractivity contribution >= 4 is 5.97 Å². The van der Waals surface area contributed by atoms with Gasteiger partial charge >= 0.3 is 5.97 Å². The van der Waals surface area contributed by atoms with Crippen LogP contribution in [-0.4, -0.2) is 24.2 Å². The van der Waals surface area contributed by atoms with E-state index in [0.29, 0.717) is 19.5 Å². The minimum absolute atomic E-state index is 0.1000. The Kier molecular flexibility index (Phi) is 3.19. The highest BCUT2D eigenvalue weighted by molar-refractivity contribution is 5.71. The van der Waals surface area contributed by atoms with E-state index in [1.807, 2.05) is 0 Å². The van der Waals surface area contributed by atoms with Crippen LogP contribution in [0, 0.1) is 17.7 Å². The van der Waals surface area contributed by atoms with Crippen molar-refractivity contribution in [3.8, 4) is 0 Å². The Morgan fingerprint density at radius 1 is 1.38 bits per heavy atom. The third-order valence-corrected chi connectivity index (χ3v) is 3.07. The van der Waals surface area contributed by atoms with Crippen LogP contribution in [0.25, 0.3) is 0 Å². The summed E-state index contributed by atoms with van der Waals surface area (Å²) in [5.74, 6) is -1.24. The zero-order chi connectivity index (χ0) is 11.5. The predicted octanol–water partition coefficient (Wildman–Crippen LogP) is 1.29. The minimum Gasteiger partial charge on any atom is -0.481 e. The summed E-state index contributed by atoms with van der Waals surface area (Å²) in [6.45, 7) is 1.25. The molecule has 0 radical (unpaired) electrons. The first kappa shape index (κ1) is 11.1. The molecule has 0 aromatic heterocycles. The molecular weight excluding hydrogens is 209 g/mol. The number of rotatable bonds is 3. The van der Waals surface area contributed by atoms with Crippen molar-refractivity contribution in [2.45, 2.75) is 6.42 Å². The number of nitrogens with one attached hydrogen (secondary N) is 1. The number of carboxylic acid groups (broad SMARTS) is 1. The summed E-state index contributed by atoms with van der Waals surface area (Å²) in [7, 11) is 0. The Morgan fingerprint density at radius 3 is 2.69 bits per heavy atom. The monoisotopic (exact) mass is 223 g/mol. The first-order chi connectivity index (χ1) is 7.66. The molecule has 0 saturated carbocycles. The van der Waals surface area contributed by atoms with Crippen LogP contribution in [0.4, 0.5) is 4.39 Å². The smallest absolute Gasteiger partial charge is 0.308 e. The standard InChI is InChI=1S/C12H14FNO2/c13-10-3-1-8(2-4-10)5-9-6-14-7-11(9)12(15)16/h1-4,9,11,14H,5-7H2,(H,15,16)/t9-,11-/m0/s1. The first-order valence-electron chi connectivity index (χ1n) is 5.35. The first-order valence-corrected chi connectivity index (χ1v) is 5.35. The van der Waals surface area contributed by atoms with Gasteiger partial charge in [0, 0.05) is 6.54 Å². The molecule has 1 aliphatic heterocycles. The largest absolute Gasteiger partial charge is 0.481 e. The molecule has 1 aromatic rings. The highest BCUT2D eigenvalue weighted by atomic mass is 19.1. The van der Waals surface area contributed by atoms with Gasteiger partial charge in [-0.05, 0) is 36.6 Å². The topological polar surface area (TPSA) is 49.3 Å². The molecule has 4 heteroatoms. The Balaban J connectivity index is 2.03. The third kappa shape index (κ3) is 2.39. The summed E-state index contributed by atoms with van der Waals surface area (Å²) in [4.78, 5) is 11.0. The van der Waals surface area contributed by atoms with Gasteiger partial charge in [0.25, 0.3) is 0 Å². The second-order valence-electron chi connectivity index (χ2n) is 4.19. The molecule has 2 rings (SSSR count). The van der Waals surface area contributed by atoms with Crippen molar-refractivity contribution in [2.75, 3.05) is 13.1 Å². The summed E-state index contributed by atoms with van der Waals surface area (Å²) in [5.41, 5.74) is 0.987. The summed E-state index contributed by atoms with van der Waals surface area (Å²) in [6.07, 6.45) is 0.685. The highest BCUT2D eigenvalue weighted by Crippen LogP contribution is 2.21. The molecule has 1 fully saturated rings. The fourth-order valence-corrected chi connectivity index (χ4v) is 2.16. The number of hydrogen-bond acceptors (Lipinski definition) is 2. The molecule has 0 spiro atoms. The SMILES string of the molecule is O=C(O)[C@H]1CNC[C@@H]1Cc1ccc(F)cc1. The maximum atomic E-state index is 12.7. The molecule has 2 N–H and O–H groups in total. The van der Waals surface area contributed by atoms with Gasteiger partial charge < -0.3 is 10.4 Å². The van der Waals surface area contributed by atoms with E-state index >= 15 is 0 Å². The van der Waals surface area contributed by atoms with E-state index in [-0.39, 0.29) is 17.7 Å². The average Bonchev–Trinajstić information content (AvgIpc) is 2.69. The number of carbonyl (C=O) groups is 1. The number of aliphatic carboxylic acids is 1. The molecule has 1 heterocycles. The summed E-state index contributed by atoms with van der Waals surface area (Å²) in [6, 6.07) is 6.25. The van der Waals surface area contributed by atoms with Crippen molar-refractivity contribution in [1.82, 2.24) is 5.32 Å². The van der Waals surface area contributed by atoms with Crippen LogP contribution in [0.1, 0.15) is 5.56 Å². The van der Waals surface area contributed by atoms with Crippen LogP contribution in [0.15, 0.2) is 24.3 Å². The van der Waals surface area contributed by atoms with Crippen LogP contribution >= 0.6 is 0 Å². The van der Waals surface area contributed by atoms with Gasteiger partial charge in [0.2, 0.25) is 0 Å². The Bertz CT molecular complexity index is 377. The van der Waals surface area contributed by atoms with Gasteiger partial charge in [0.15, 0.2) is 0 Å². The van der Waals surface area contributed by atoms with Crippen LogP contribution in [0.3, 0.4) is 0 Å². The van der Waals surface area contributed by atoms with Crippen molar-refractivity contribution in [3.63, 3.8) is 0 Å². The summed E-state index contributed by atoms with van der Waals surface area (Å²) in [5, 5.41) is 12.1. The normalized spacial score (nSPS) is 24.6. The van der Waals surface area contributed by atoms with Crippen LogP contribution in [0.5, 0.6) is 0 Å². The lowest BCUT2D eigenvalue weighted by Gasteiger charge is -2.14. The Morgan fingerprint density at radius 2 is 2.06 bits per heavy atom. The maximum Gasteiger partial charge on any atom is 0.308 e. The maximum absolute atomic E-state index is 12.7. The molecule has 1 saturated heterocycles. The third-order valence-electron chi connectivity index (χ3n) is 3.07. The molecule has 0 bridgehead atoms. The van der Waals surface area contributed by atoms with Gasteiger partial charge in [0.1, 0.15) is 5.82 Å². The lowest BCUT2D eigenvalue weighted by Crippen LogP contribution is -2.23. The Labute approximate surface area is 93.3 Å². The van der Waals surface area contributed by atoms with E-state index in [4.69, 9.17) is 5.11 Å². The van der Waals surface area contributed by atoms with E-state index in [1.165, 1.54) is 12.1 Å². The summed E-state index contributed by atoms with van der Waals surface area (Å²) >= 11 is 0. The molecular formula is C12H14FNO2. The van der Waals surface area contributed by atoms with Gasteiger partial charge in [-0.3, -0.25) is 4.79 Å². The van der Waals surface area contributed by atoms with E-state index in [0.717, 1.165) is 5.56 Å². The molecule has 0 unspecified atom stereocenters. The van der Waals surface area contributed by atoms with E-state index in [2.05, 4.69) is 5.32 Å². The zero-order valence-corrected chi connectivity index (χ0v) is 8.82. The molecule has 3 nitrogen and oxygen atoms in total. The number of halogens is 1. The zero-order valence-electron chi connectivity index (χ0n) is 8.82. The molecule has 1 aliphatic rings. The second kappa shape index (κ2) is 4.61. The fourth-order valence-electron chi connectivity index (χ4n) is 2.16. The fraction of sp³-hybridized carbons (Fsp3) is 0.417. The quantitative estimate of drug-likeness (QED) is 0.811. The van der Waals surface area contributed by atoms with Crippen LogP contribution in [0.2, 0.25) is 0 Å². The molecule has 2 atom stereocenters. The van der Waals surface area contributed by atoms with Crippen molar-refractivity contribution < 1.29 is 14.3 Å². The van der Waals surface area contributed by atoms with Gasteiger partial charge in [-0.15, -0.1) is 0 Å². The minimum atomic E-state index is -0.753. The molecule has 0 aliphatic carbocycles. The van der Waals surface area contributed by atoms with Crippen molar-refractivity contribution in [3.05, 3.63) is 35.6 Å². The lowest BCUT2D eigenvalue weighted by atomic mass is 9.90. The summed E-state index contributed by atoms with van der Waals surface area (Å²) < 4.78 is 12.7.